The number of aromatic nitrogens is 3. The lowest BCUT2D eigenvalue weighted by atomic mass is 10.2. The Labute approximate surface area is 180 Å². The average molecular weight is 417 g/mol. The van der Waals surface area contributed by atoms with Crippen molar-refractivity contribution in [1.82, 2.24) is 15.0 Å². The van der Waals surface area contributed by atoms with Gasteiger partial charge in [0.1, 0.15) is 17.9 Å². The number of aldehydes is 1. The molecule has 0 atom stereocenters. The van der Waals surface area contributed by atoms with Crippen molar-refractivity contribution in [2.24, 2.45) is 0 Å². The fourth-order valence-electron chi connectivity index (χ4n) is 2.67. The topological polar surface area (TPSA) is 112 Å². The van der Waals surface area contributed by atoms with Gasteiger partial charge in [-0.05, 0) is 36.4 Å². The first kappa shape index (κ1) is 21.4. The van der Waals surface area contributed by atoms with Crippen LogP contribution >= 0.6 is 0 Å². The molecule has 0 spiro atoms. The highest BCUT2D eigenvalue weighted by molar-refractivity contribution is 5.99. The maximum atomic E-state index is 11.5. The third-order valence-electron chi connectivity index (χ3n) is 4.21. The Balaban J connectivity index is 1.83. The SMILES string of the molecule is C=CC(=O)Nc1cccc(Nc2nc(Nc3ccc(N(C)C)nc3)ncc2CC=O)c1. The standard InChI is InChI=1S/C22H23N7O2/c1-4-20(31)25-16-6-5-7-17(12-16)26-21-15(10-11-30)13-24-22(28-21)27-18-8-9-19(23-14-18)29(2)3/h4-9,11-14H,1,10H2,2-3H3,(H,25,31)(H2,24,26,27,28). The number of carbonyl (C=O) groups is 2. The van der Waals surface area contributed by atoms with Crippen LogP contribution in [0.3, 0.4) is 0 Å². The Morgan fingerprint density at radius 2 is 1.87 bits per heavy atom. The maximum absolute atomic E-state index is 11.5. The van der Waals surface area contributed by atoms with E-state index in [0.29, 0.717) is 28.7 Å². The maximum Gasteiger partial charge on any atom is 0.247 e. The molecule has 0 fully saturated rings. The number of nitrogens with zero attached hydrogens (tertiary/aromatic N) is 4. The molecule has 0 bridgehead atoms. The van der Waals surface area contributed by atoms with E-state index in [-0.39, 0.29) is 12.3 Å². The van der Waals surface area contributed by atoms with Gasteiger partial charge in [-0.2, -0.15) is 4.98 Å². The Kier molecular flexibility index (Phi) is 6.89. The Bertz CT molecular complexity index is 1080. The smallest absolute Gasteiger partial charge is 0.247 e. The van der Waals surface area contributed by atoms with Gasteiger partial charge in [0.2, 0.25) is 11.9 Å². The van der Waals surface area contributed by atoms with E-state index in [1.54, 1.807) is 30.6 Å². The number of carbonyl (C=O) groups excluding carboxylic acids is 2. The molecule has 0 aliphatic heterocycles. The van der Waals surface area contributed by atoms with Gasteiger partial charge < -0.3 is 25.6 Å². The van der Waals surface area contributed by atoms with Crippen LogP contribution in [0.2, 0.25) is 0 Å². The zero-order valence-corrected chi connectivity index (χ0v) is 17.3. The Morgan fingerprint density at radius 3 is 2.55 bits per heavy atom. The third-order valence-corrected chi connectivity index (χ3v) is 4.21. The summed E-state index contributed by atoms with van der Waals surface area (Å²) in [6, 6.07) is 10.9. The lowest BCUT2D eigenvalue weighted by molar-refractivity contribution is -0.112. The first-order chi connectivity index (χ1) is 15.0. The van der Waals surface area contributed by atoms with Crippen LogP contribution in [0.1, 0.15) is 5.56 Å². The minimum Gasteiger partial charge on any atom is -0.363 e. The molecule has 0 saturated carbocycles. The minimum absolute atomic E-state index is 0.161. The largest absolute Gasteiger partial charge is 0.363 e. The number of amides is 1. The summed E-state index contributed by atoms with van der Waals surface area (Å²) in [6.07, 6.45) is 5.44. The summed E-state index contributed by atoms with van der Waals surface area (Å²) >= 11 is 0. The molecule has 0 aliphatic rings. The molecule has 3 aromatic rings. The Morgan fingerprint density at radius 1 is 1.06 bits per heavy atom. The van der Waals surface area contributed by atoms with Gasteiger partial charge in [0.25, 0.3) is 0 Å². The number of rotatable bonds is 9. The number of hydrogen-bond acceptors (Lipinski definition) is 8. The highest BCUT2D eigenvalue weighted by atomic mass is 16.1. The van der Waals surface area contributed by atoms with Crippen molar-refractivity contribution >= 4 is 46.8 Å². The first-order valence-electron chi connectivity index (χ1n) is 9.49. The van der Waals surface area contributed by atoms with Gasteiger partial charge in [-0.15, -0.1) is 0 Å². The van der Waals surface area contributed by atoms with Crippen LogP contribution in [0, 0.1) is 0 Å². The lowest BCUT2D eigenvalue weighted by Crippen LogP contribution is -2.10. The predicted octanol–water partition coefficient (Wildman–Crippen LogP) is 3.29. The van der Waals surface area contributed by atoms with Crippen LogP contribution in [0.5, 0.6) is 0 Å². The van der Waals surface area contributed by atoms with Crippen LogP contribution in [0.15, 0.2) is 61.4 Å². The van der Waals surface area contributed by atoms with E-state index >= 15 is 0 Å². The fraction of sp³-hybridized carbons (Fsp3) is 0.136. The predicted molar refractivity (Wildman–Crippen MR) is 122 cm³/mol. The molecule has 9 heteroatoms. The number of benzene rings is 1. The van der Waals surface area contributed by atoms with E-state index in [1.165, 1.54) is 6.08 Å². The summed E-state index contributed by atoms with van der Waals surface area (Å²) in [5.74, 6) is 1.36. The Hall–Kier alpha value is -4.27. The van der Waals surface area contributed by atoms with Crippen LogP contribution in [-0.2, 0) is 16.0 Å². The van der Waals surface area contributed by atoms with Crippen molar-refractivity contribution in [2.45, 2.75) is 6.42 Å². The van der Waals surface area contributed by atoms with Gasteiger partial charge in [0.15, 0.2) is 0 Å². The molecule has 0 aliphatic carbocycles. The summed E-state index contributed by atoms with van der Waals surface area (Å²) in [5.41, 5.74) is 2.66. The zero-order chi connectivity index (χ0) is 22.2. The summed E-state index contributed by atoms with van der Waals surface area (Å²) < 4.78 is 0. The van der Waals surface area contributed by atoms with Crippen molar-refractivity contribution in [3.05, 3.63) is 67.0 Å². The summed E-state index contributed by atoms with van der Waals surface area (Å²) in [7, 11) is 3.83. The molecule has 1 aromatic carbocycles. The number of nitrogens with one attached hydrogen (secondary N) is 3. The molecule has 0 saturated heterocycles. The average Bonchev–Trinajstić information content (AvgIpc) is 2.76. The monoisotopic (exact) mass is 417 g/mol. The minimum atomic E-state index is -0.304. The van der Waals surface area contributed by atoms with Crippen molar-refractivity contribution in [2.75, 3.05) is 34.9 Å². The summed E-state index contributed by atoms with van der Waals surface area (Å²) in [5, 5.41) is 9.01. The van der Waals surface area contributed by atoms with Crippen LogP contribution in [-0.4, -0.2) is 41.2 Å². The molecule has 1 amide bonds. The molecule has 0 radical (unpaired) electrons. The van der Waals surface area contributed by atoms with Crippen molar-refractivity contribution < 1.29 is 9.59 Å². The highest BCUT2D eigenvalue weighted by Gasteiger charge is 2.09. The molecule has 2 aromatic heterocycles. The van der Waals surface area contributed by atoms with E-state index < -0.39 is 0 Å². The third kappa shape index (κ3) is 5.86. The van der Waals surface area contributed by atoms with Crippen molar-refractivity contribution in [3.63, 3.8) is 0 Å². The molecule has 3 rings (SSSR count). The lowest BCUT2D eigenvalue weighted by Gasteiger charge is -2.14. The molecular weight excluding hydrogens is 394 g/mol. The highest BCUT2D eigenvalue weighted by Crippen LogP contribution is 2.24. The second kappa shape index (κ2) is 9.97. The van der Waals surface area contributed by atoms with Crippen molar-refractivity contribution in [1.29, 1.82) is 0 Å². The summed E-state index contributed by atoms with van der Waals surface area (Å²) in [6.45, 7) is 3.44. The number of anilines is 6. The van der Waals surface area contributed by atoms with E-state index in [1.807, 2.05) is 37.2 Å². The van der Waals surface area contributed by atoms with E-state index in [0.717, 1.165) is 17.8 Å². The van der Waals surface area contributed by atoms with Gasteiger partial charge in [-0.1, -0.05) is 12.6 Å². The molecule has 0 unspecified atom stereocenters. The number of pyridine rings is 1. The van der Waals surface area contributed by atoms with Gasteiger partial charge in [-0.3, -0.25) is 4.79 Å². The van der Waals surface area contributed by atoms with Gasteiger partial charge in [0, 0.05) is 43.7 Å². The van der Waals surface area contributed by atoms with Gasteiger partial charge in [0.05, 0.1) is 11.9 Å². The fourth-order valence-corrected chi connectivity index (χ4v) is 2.67. The molecular formula is C22H23N7O2. The molecule has 31 heavy (non-hydrogen) atoms. The van der Waals surface area contributed by atoms with E-state index in [9.17, 15) is 9.59 Å². The van der Waals surface area contributed by atoms with E-state index in [4.69, 9.17) is 0 Å². The van der Waals surface area contributed by atoms with Crippen molar-refractivity contribution in [3.8, 4) is 0 Å². The molecule has 3 N–H and O–H groups in total. The first-order valence-corrected chi connectivity index (χ1v) is 9.49. The molecule has 9 nitrogen and oxygen atoms in total. The molecule has 158 valence electrons. The van der Waals surface area contributed by atoms with E-state index in [2.05, 4.69) is 37.5 Å². The van der Waals surface area contributed by atoms with Gasteiger partial charge >= 0.3 is 0 Å². The van der Waals surface area contributed by atoms with Crippen LogP contribution in [0.25, 0.3) is 0 Å². The van der Waals surface area contributed by atoms with Crippen LogP contribution in [0.4, 0.5) is 34.6 Å². The quantitative estimate of drug-likeness (QED) is 0.359. The van der Waals surface area contributed by atoms with Gasteiger partial charge in [-0.25, -0.2) is 9.97 Å². The number of hydrogen-bond donors (Lipinski definition) is 3. The second-order valence-corrected chi connectivity index (χ2v) is 6.76. The summed E-state index contributed by atoms with van der Waals surface area (Å²) in [4.78, 5) is 37.7. The normalized spacial score (nSPS) is 10.1. The molecule has 2 heterocycles. The van der Waals surface area contributed by atoms with Crippen LogP contribution < -0.4 is 20.9 Å². The zero-order valence-electron chi connectivity index (χ0n) is 17.3. The second-order valence-electron chi connectivity index (χ2n) is 6.76.